The van der Waals surface area contributed by atoms with E-state index in [1.54, 1.807) is 6.92 Å². The average molecular weight is 603 g/mol. The summed E-state index contributed by atoms with van der Waals surface area (Å²) in [6.07, 6.45) is 5.98. The van der Waals surface area contributed by atoms with Crippen molar-refractivity contribution in [1.29, 1.82) is 0 Å². The number of carbonyl (C=O) groups excluding carboxylic acids is 2. The number of rotatable bonds is 9. The van der Waals surface area contributed by atoms with Gasteiger partial charge in [0.15, 0.2) is 0 Å². The standard InChI is InChI=1S/C25H30BrClFN3O4S/c1-17(25(33)29-20-6-4-3-5-7-20)30(15-18-8-10-19(26)11-9-18)24(32)16-31(36(2,34)35)21-12-13-23(28)22(27)14-21/h8-14,17,20H,3-7,15-16H2,1-2H3,(H,29,33)/t17-/m0/s1. The highest BCUT2D eigenvalue weighted by atomic mass is 79.9. The molecule has 0 saturated heterocycles. The van der Waals surface area contributed by atoms with Crippen molar-refractivity contribution in [3.8, 4) is 0 Å². The minimum Gasteiger partial charge on any atom is -0.352 e. The molecule has 1 fully saturated rings. The van der Waals surface area contributed by atoms with Crippen LogP contribution in [-0.2, 0) is 26.2 Å². The van der Waals surface area contributed by atoms with E-state index in [1.807, 2.05) is 24.3 Å². The zero-order chi connectivity index (χ0) is 26.5. The lowest BCUT2D eigenvalue weighted by molar-refractivity contribution is -0.139. The Labute approximate surface area is 225 Å². The van der Waals surface area contributed by atoms with Crippen molar-refractivity contribution < 1.29 is 22.4 Å². The maximum atomic E-state index is 13.7. The Kier molecular flexibility index (Phi) is 9.77. The minimum absolute atomic E-state index is 0.0557. The molecular weight excluding hydrogens is 573 g/mol. The molecule has 1 aliphatic rings. The quantitative estimate of drug-likeness (QED) is 0.444. The summed E-state index contributed by atoms with van der Waals surface area (Å²) >= 11 is 9.25. The highest BCUT2D eigenvalue weighted by molar-refractivity contribution is 9.10. The van der Waals surface area contributed by atoms with Crippen LogP contribution in [0.1, 0.15) is 44.6 Å². The minimum atomic E-state index is -3.93. The zero-order valence-corrected chi connectivity index (χ0v) is 23.4. The number of hydrogen-bond acceptors (Lipinski definition) is 4. The number of carbonyl (C=O) groups is 2. The van der Waals surface area contributed by atoms with Crippen molar-refractivity contribution in [3.05, 3.63) is 63.3 Å². The first kappa shape index (κ1) is 28.4. The molecule has 36 heavy (non-hydrogen) atoms. The van der Waals surface area contributed by atoms with Crippen LogP contribution in [0.15, 0.2) is 46.9 Å². The fourth-order valence-electron chi connectivity index (χ4n) is 4.19. The molecule has 1 atom stereocenters. The van der Waals surface area contributed by atoms with Gasteiger partial charge in [-0.25, -0.2) is 12.8 Å². The molecular formula is C25H30BrClFN3O4S. The Morgan fingerprint density at radius 1 is 1.14 bits per heavy atom. The Hall–Kier alpha value is -2.17. The first-order valence-corrected chi connectivity index (χ1v) is 14.7. The second-order valence-corrected chi connectivity index (χ2v) is 12.3. The highest BCUT2D eigenvalue weighted by Gasteiger charge is 2.31. The molecule has 0 unspecified atom stereocenters. The molecule has 1 N–H and O–H groups in total. The molecule has 196 valence electrons. The van der Waals surface area contributed by atoms with Gasteiger partial charge in [0.1, 0.15) is 18.4 Å². The van der Waals surface area contributed by atoms with Gasteiger partial charge < -0.3 is 10.2 Å². The van der Waals surface area contributed by atoms with Crippen molar-refractivity contribution in [3.63, 3.8) is 0 Å². The van der Waals surface area contributed by atoms with E-state index in [-0.39, 0.29) is 29.2 Å². The van der Waals surface area contributed by atoms with Crippen molar-refractivity contribution >= 4 is 55.1 Å². The van der Waals surface area contributed by atoms with E-state index in [0.29, 0.717) is 0 Å². The third kappa shape index (κ3) is 7.66. The number of nitrogens with one attached hydrogen (secondary N) is 1. The number of hydrogen-bond donors (Lipinski definition) is 1. The molecule has 3 rings (SSSR count). The van der Waals surface area contributed by atoms with Crippen LogP contribution < -0.4 is 9.62 Å². The van der Waals surface area contributed by atoms with Gasteiger partial charge in [0.25, 0.3) is 0 Å². The fourth-order valence-corrected chi connectivity index (χ4v) is 5.47. The van der Waals surface area contributed by atoms with Crippen LogP contribution in [0.4, 0.5) is 10.1 Å². The van der Waals surface area contributed by atoms with Crippen LogP contribution in [0.25, 0.3) is 0 Å². The van der Waals surface area contributed by atoms with Crippen molar-refractivity contribution in [1.82, 2.24) is 10.2 Å². The first-order chi connectivity index (χ1) is 17.0. The largest absolute Gasteiger partial charge is 0.352 e. The molecule has 0 spiro atoms. The van der Waals surface area contributed by atoms with E-state index in [4.69, 9.17) is 11.6 Å². The summed E-state index contributed by atoms with van der Waals surface area (Å²) in [5.74, 6) is -1.57. The topological polar surface area (TPSA) is 86.8 Å². The van der Waals surface area contributed by atoms with Crippen LogP contribution in [-0.4, -0.2) is 50.0 Å². The maximum Gasteiger partial charge on any atom is 0.244 e. The van der Waals surface area contributed by atoms with Crippen molar-refractivity contribution in [2.45, 2.75) is 57.7 Å². The monoisotopic (exact) mass is 601 g/mol. The molecule has 0 radical (unpaired) electrons. The molecule has 7 nitrogen and oxygen atoms in total. The van der Waals surface area contributed by atoms with Gasteiger partial charge in [-0.3, -0.25) is 13.9 Å². The Bertz CT molecular complexity index is 1190. The van der Waals surface area contributed by atoms with Gasteiger partial charge in [0.2, 0.25) is 21.8 Å². The summed E-state index contributed by atoms with van der Waals surface area (Å²) in [5.41, 5.74) is 0.833. The van der Waals surface area contributed by atoms with Crippen LogP contribution in [0, 0.1) is 5.82 Å². The summed E-state index contributed by atoms with van der Waals surface area (Å²) in [7, 11) is -3.93. The predicted molar refractivity (Wildman–Crippen MR) is 143 cm³/mol. The number of sulfonamides is 1. The summed E-state index contributed by atoms with van der Waals surface area (Å²) in [5, 5.41) is 2.78. The molecule has 0 heterocycles. The third-order valence-corrected chi connectivity index (χ3v) is 8.21. The van der Waals surface area contributed by atoms with Gasteiger partial charge >= 0.3 is 0 Å². The molecule has 0 aliphatic heterocycles. The van der Waals surface area contributed by atoms with Gasteiger partial charge in [0.05, 0.1) is 17.0 Å². The number of halogens is 3. The van der Waals surface area contributed by atoms with Gasteiger partial charge in [-0.2, -0.15) is 0 Å². The molecule has 11 heteroatoms. The summed E-state index contributed by atoms with van der Waals surface area (Å²) in [6, 6.07) is 9.96. The van der Waals surface area contributed by atoms with Gasteiger partial charge in [0, 0.05) is 17.1 Å². The third-order valence-electron chi connectivity index (χ3n) is 6.26. The summed E-state index contributed by atoms with van der Waals surface area (Å²) < 4.78 is 40.6. The van der Waals surface area contributed by atoms with Crippen molar-refractivity contribution in [2.75, 3.05) is 17.1 Å². The van der Waals surface area contributed by atoms with E-state index in [2.05, 4.69) is 21.2 Å². The van der Waals surface area contributed by atoms with E-state index in [0.717, 1.165) is 64.8 Å². The Balaban J connectivity index is 1.87. The number of nitrogens with zero attached hydrogens (tertiary/aromatic N) is 2. The van der Waals surface area contributed by atoms with Gasteiger partial charge in [-0.15, -0.1) is 0 Å². The van der Waals surface area contributed by atoms with Crippen LogP contribution in [0.3, 0.4) is 0 Å². The SMILES string of the molecule is C[C@@H](C(=O)NC1CCCCC1)N(Cc1ccc(Br)cc1)C(=O)CN(c1ccc(F)c(Cl)c1)S(C)(=O)=O. The molecule has 2 aromatic rings. The molecule has 0 aromatic heterocycles. The lowest BCUT2D eigenvalue weighted by Crippen LogP contribution is -2.52. The second-order valence-electron chi connectivity index (χ2n) is 9.04. The molecule has 2 aromatic carbocycles. The maximum absolute atomic E-state index is 13.7. The number of amides is 2. The summed E-state index contributed by atoms with van der Waals surface area (Å²) in [6.45, 7) is 1.17. The lowest BCUT2D eigenvalue weighted by Gasteiger charge is -2.33. The smallest absolute Gasteiger partial charge is 0.244 e. The van der Waals surface area contributed by atoms with Crippen LogP contribution in [0.2, 0.25) is 5.02 Å². The first-order valence-electron chi connectivity index (χ1n) is 11.7. The zero-order valence-electron chi connectivity index (χ0n) is 20.2. The number of anilines is 1. The van der Waals surface area contributed by atoms with E-state index < -0.39 is 34.3 Å². The fraction of sp³-hybridized carbons (Fsp3) is 0.440. The predicted octanol–water partition coefficient (Wildman–Crippen LogP) is 4.87. The lowest BCUT2D eigenvalue weighted by atomic mass is 9.95. The highest BCUT2D eigenvalue weighted by Crippen LogP contribution is 2.25. The van der Waals surface area contributed by atoms with E-state index in [9.17, 15) is 22.4 Å². The number of benzene rings is 2. The van der Waals surface area contributed by atoms with Crippen LogP contribution >= 0.6 is 27.5 Å². The molecule has 1 aliphatic carbocycles. The van der Waals surface area contributed by atoms with E-state index in [1.165, 1.54) is 11.0 Å². The van der Waals surface area contributed by atoms with Gasteiger partial charge in [-0.1, -0.05) is 58.9 Å². The Morgan fingerprint density at radius 2 is 1.78 bits per heavy atom. The second kappa shape index (κ2) is 12.4. The van der Waals surface area contributed by atoms with E-state index >= 15 is 0 Å². The Morgan fingerprint density at radius 3 is 2.36 bits per heavy atom. The molecule has 1 saturated carbocycles. The molecule has 0 bridgehead atoms. The van der Waals surface area contributed by atoms with Gasteiger partial charge in [-0.05, 0) is 55.7 Å². The average Bonchev–Trinajstić information content (AvgIpc) is 2.83. The van der Waals surface area contributed by atoms with Crippen molar-refractivity contribution in [2.24, 2.45) is 0 Å². The molecule has 2 amide bonds. The summed E-state index contributed by atoms with van der Waals surface area (Å²) in [4.78, 5) is 28.1. The van der Waals surface area contributed by atoms with Crippen LogP contribution in [0.5, 0.6) is 0 Å². The normalized spacial score (nSPS) is 15.2.